The summed E-state index contributed by atoms with van der Waals surface area (Å²) in [5.41, 5.74) is 0.946. The van der Waals surface area contributed by atoms with Gasteiger partial charge in [0.1, 0.15) is 17.3 Å². The highest BCUT2D eigenvalue weighted by molar-refractivity contribution is 7.84. The first-order chi connectivity index (χ1) is 13.6. The summed E-state index contributed by atoms with van der Waals surface area (Å²) >= 11 is 0. The van der Waals surface area contributed by atoms with Crippen molar-refractivity contribution in [2.75, 3.05) is 14.2 Å². The van der Waals surface area contributed by atoms with E-state index in [0.717, 1.165) is 11.3 Å². The van der Waals surface area contributed by atoms with Gasteiger partial charge in [-0.25, -0.2) is 0 Å². The molecule has 0 aliphatic carbocycles. The van der Waals surface area contributed by atoms with Crippen molar-refractivity contribution in [1.29, 1.82) is 0 Å². The molecule has 0 radical (unpaired) electrons. The van der Waals surface area contributed by atoms with Gasteiger partial charge in [0.2, 0.25) is 0 Å². The van der Waals surface area contributed by atoms with Gasteiger partial charge < -0.3 is 19.2 Å². The molecule has 0 saturated heterocycles. The van der Waals surface area contributed by atoms with Crippen molar-refractivity contribution in [1.82, 2.24) is 5.32 Å². The molecule has 3 rings (SSSR count). The van der Waals surface area contributed by atoms with E-state index in [1.54, 1.807) is 50.6 Å². The topological polar surface area (TPSA) is 77.8 Å². The molecular formula is C21H21NO5S. The molecule has 146 valence electrons. The molecule has 1 N–H and O–H groups in total. The average Bonchev–Trinajstić information content (AvgIpc) is 3.21. The van der Waals surface area contributed by atoms with E-state index in [4.69, 9.17) is 13.9 Å². The maximum Gasteiger partial charge on any atom is 0.287 e. The molecule has 0 bridgehead atoms. The Morgan fingerprint density at radius 3 is 2.14 bits per heavy atom. The molecule has 1 atom stereocenters. The fourth-order valence-electron chi connectivity index (χ4n) is 2.53. The van der Waals surface area contributed by atoms with Crippen molar-refractivity contribution >= 4 is 16.7 Å². The number of carbonyl (C=O) groups is 1. The first kappa shape index (κ1) is 19.7. The maximum atomic E-state index is 12.5. The monoisotopic (exact) mass is 399 g/mol. The SMILES string of the molecule is COc1ccc(CNC(=O)c2ccc(CS(=O)c3ccc(OC)cc3)o2)cc1. The minimum atomic E-state index is -1.27. The number of rotatable bonds is 8. The van der Waals surface area contributed by atoms with Gasteiger partial charge in [-0.3, -0.25) is 9.00 Å². The van der Waals surface area contributed by atoms with Crippen LogP contribution in [-0.4, -0.2) is 24.3 Å². The number of methoxy groups -OCH3 is 2. The van der Waals surface area contributed by atoms with Gasteiger partial charge >= 0.3 is 0 Å². The molecule has 3 aromatic rings. The number of ether oxygens (including phenoxy) is 2. The molecule has 1 amide bonds. The van der Waals surface area contributed by atoms with Crippen molar-refractivity contribution in [3.8, 4) is 11.5 Å². The summed E-state index contributed by atoms with van der Waals surface area (Å²) < 4.78 is 28.2. The first-order valence-corrected chi connectivity index (χ1v) is 9.93. The van der Waals surface area contributed by atoms with Crippen LogP contribution in [0.2, 0.25) is 0 Å². The highest BCUT2D eigenvalue weighted by Crippen LogP contribution is 2.18. The fraction of sp³-hybridized carbons (Fsp3) is 0.190. The van der Waals surface area contributed by atoms with Crippen molar-refractivity contribution in [2.24, 2.45) is 0 Å². The first-order valence-electron chi connectivity index (χ1n) is 8.61. The fourth-order valence-corrected chi connectivity index (χ4v) is 3.55. The maximum absolute atomic E-state index is 12.5. The van der Waals surface area contributed by atoms with Gasteiger partial charge in [0.05, 0.1) is 30.8 Å². The number of furan rings is 1. The van der Waals surface area contributed by atoms with Crippen molar-refractivity contribution in [2.45, 2.75) is 17.2 Å². The van der Waals surface area contributed by atoms with Gasteiger partial charge in [-0.15, -0.1) is 0 Å². The lowest BCUT2D eigenvalue weighted by Gasteiger charge is -2.05. The average molecular weight is 399 g/mol. The van der Waals surface area contributed by atoms with Gasteiger partial charge in [0.25, 0.3) is 5.91 Å². The summed E-state index contributed by atoms with van der Waals surface area (Å²) in [6.07, 6.45) is 0. The third-order valence-corrected chi connectivity index (χ3v) is 5.44. The van der Waals surface area contributed by atoms with Crippen LogP contribution in [0.25, 0.3) is 0 Å². The third-order valence-electron chi connectivity index (χ3n) is 4.09. The van der Waals surface area contributed by atoms with Crippen molar-refractivity contribution in [3.05, 3.63) is 77.7 Å². The third kappa shape index (κ3) is 5.01. The Balaban J connectivity index is 1.56. The van der Waals surface area contributed by atoms with E-state index in [1.807, 2.05) is 24.3 Å². The van der Waals surface area contributed by atoms with E-state index < -0.39 is 10.8 Å². The molecule has 0 saturated carbocycles. The van der Waals surface area contributed by atoms with Crippen LogP contribution in [0.15, 0.2) is 70.0 Å². The molecule has 28 heavy (non-hydrogen) atoms. The summed E-state index contributed by atoms with van der Waals surface area (Å²) in [4.78, 5) is 12.9. The predicted octanol–water partition coefficient (Wildman–Crippen LogP) is 3.53. The zero-order chi connectivity index (χ0) is 19.9. The normalized spacial score (nSPS) is 11.6. The van der Waals surface area contributed by atoms with E-state index >= 15 is 0 Å². The molecule has 0 spiro atoms. The van der Waals surface area contributed by atoms with Crippen LogP contribution in [0.4, 0.5) is 0 Å². The van der Waals surface area contributed by atoms with Crippen LogP contribution in [0.5, 0.6) is 11.5 Å². The van der Waals surface area contributed by atoms with Crippen LogP contribution in [0.3, 0.4) is 0 Å². The highest BCUT2D eigenvalue weighted by atomic mass is 32.2. The van der Waals surface area contributed by atoms with Gasteiger partial charge in [-0.05, 0) is 54.1 Å². The lowest BCUT2D eigenvalue weighted by Crippen LogP contribution is -2.22. The molecule has 1 aromatic heterocycles. The van der Waals surface area contributed by atoms with Gasteiger partial charge in [0.15, 0.2) is 5.76 Å². The van der Waals surface area contributed by atoms with Gasteiger partial charge in [0, 0.05) is 11.4 Å². The second-order valence-electron chi connectivity index (χ2n) is 5.96. The Morgan fingerprint density at radius 2 is 1.54 bits per heavy atom. The number of hydrogen-bond donors (Lipinski definition) is 1. The molecule has 0 aliphatic rings. The lowest BCUT2D eigenvalue weighted by atomic mass is 10.2. The summed E-state index contributed by atoms with van der Waals surface area (Å²) in [7, 11) is 1.91. The number of hydrogen-bond acceptors (Lipinski definition) is 5. The van der Waals surface area contributed by atoms with Crippen molar-refractivity contribution < 1.29 is 22.9 Å². The Bertz CT molecular complexity index is 948. The minimum absolute atomic E-state index is 0.190. The van der Waals surface area contributed by atoms with E-state index in [1.165, 1.54) is 0 Å². The van der Waals surface area contributed by atoms with Crippen molar-refractivity contribution in [3.63, 3.8) is 0 Å². The Labute approximate surface area is 165 Å². The Morgan fingerprint density at radius 1 is 0.929 bits per heavy atom. The van der Waals surface area contributed by atoms with E-state index in [-0.39, 0.29) is 17.4 Å². The number of nitrogens with one attached hydrogen (secondary N) is 1. The van der Waals surface area contributed by atoms with Crippen LogP contribution in [0.1, 0.15) is 21.9 Å². The van der Waals surface area contributed by atoms with Crippen LogP contribution >= 0.6 is 0 Å². The zero-order valence-electron chi connectivity index (χ0n) is 15.6. The zero-order valence-corrected chi connectivity index (χ0v) is 16.5. The summed E-state index contributed by atoms with van der Waals surface area (Å²) in [5, 5.41) is 2.80. The second-order valence-corrected chi connectivity index (χ2v) is 7.41. The molecular weight excluding hydrogens is 378 g/mol. The molecule has 6 nitrogen and oxygen atoms in total. The number of amides is 1. The summed E-state index contributed by atoms with van der Waals surface area (Å²) in [5.74, 6) is 2.01. The van der Waals surface area contributed by atoms with E-state index in [2.05, 4.69) is 5.32 Å². The number of carbonyl (C=O) groups excluding carboxylic acids is 1. The standard InChI is InChI=1S/C21H21NO5S/c1-25-16-5-3-15(4-6-16)13-22-21(23)20-12-9-18(27-20)14-28(24)19-10-7-17(26-2)8-11-19/h3-12H,13-14H2,1-2H3,(H,22,23). The highest BCUT2D eigenvalue weighted by Gasteiger charge is 2.14. The smallest absolute Gasteiger partial charge is 0.287 e. The molecule has 2 aromatic carbocycles. The molecule has 1 heterocycles. The lowest BCUT2D eigenvalue weighted by molar-refractivity contribution is 0.0921. The quantitative estimate of drug-likeness (QED) is 0.627. The molecule has 1 unspecified atom stereocenters. The molecule has 0 fully saturated rings. The Kier molecular flexibility index (Phi) is 6.49. The van der Waals surface area contributed by atoms with Gasteiger partial charge in [-0.1, -0.05) is 12.1 Å². The van der Waals surface area contributed by atoms with E-state index in [0.29, 0.717) is 22.9 Å². The Hall–Kier alpha value is -3.06. The van der Waals surface area contributed by atoms with Crippen LogP contribution in [0, 0.1) is 0 Å². The van der Waals surface area contributed by atoms with E-state index in [9.17, 15) is 9.00 Å². The minimum Gasteiger partial charge on any atom is -0.497 e. The second kappa shape index (κ2) is 9.23. The van der Waals surface area contributed by atoms with Crippen LogP contribution < -0.4 is 14.8 Å². The summed E-state index contributed by atoms with van der Waals surface area (Å²) in [6, 6.07) is 17.7. The molecule has 7 heteroatoms. The molecule has 0 aliphatic heterocycles. The largest absolute Gasteiger partial charge is 0.497 e. The van der Waals surface area contributed by atoms with Crippen LogP contribution in [-0.2, 0) is 23.1 Å². The summed E-state index contributed by atoms with van der Waals surface area (Å²) in [6.45, 7) is 0.372. The van der Waals surface area contributed by atoms with Gasteiger partial charge in [-0.2, -0.15) is 0 Å². The number of benzene rings is 2. The predicted molar refractivity (Wildman–Crippen MR) is 106 cm³/mol.